The molecule has 0 aliphatic carbocycles. The molecular formula is C15H22N2O3S. The van der Waals surface area contributed by atoms with Gasteiger partial charge in [0.25, 0.3) is 0 Å². The maximum absolute atomic E-state index is 11.5. The lowest BCUT2D eigenvalue weighted by Gasteiger charge is -2.32. The molecule has 1 aromatic rings. The molecule has 0 saturated carbocycles. The largest absolute Gasteiger partial charge is 0.379 e. The number of morpholine rings is 1. The highest BCUT2D eigenvalue weighted by Gasteiger charge is 2.28. The molecule has 0 bridgehead atoms. The van der Waals surface area contributed by atoms with E-state index in [0.717, 1.165) is 51.5 Å². The van der Waals surface area contributed by atoms with E-state index < -0.39 is 9.84 Å². The van der Waals surface area contributed by atoms with E-state index in [1.165, 1.54) is 6.26 Å². The summed E-state index contributed by atoms with van der Waals surface area (Å²) in [6.45, 7) is 5.74. The smallest absolute Gasteiger partial charge is 0.175 e. The quantitative estimate of drug-likeness (QED) is 0.834. The van der Waals surface area contributed by atoms with Gasteiger partial charge in [-0.2, -0.15) is 0 Å². The third-order valence-corrected chi connectivity index (χ3v) is 5.48. The van der Waals surface area contributed by atoms with E-state index in [0.29, 0.717) is 10.9 Å². The lowest BCUT2D eigenvalue weighted by molar-refractivity contribution is 0.0209. The van der Waals surface area contributed by atoms with Crippen LogP contribution in [0.15, 0.2) is 29.2 Å². The van der Waals surface area contributed by atoms with Gasteiger partial charge in [0.1, 0.15) is 0 Å². The standard InChI is InChI=1S/C15H22N2O3S/c1-21(18,19)15-4-2-13(3-5-15)17-7-6-14(12-17)16-8-10-20-11-9-16/h2-5,14H,6-12H2,1H3. The van der Waals surface area contributed by atoms with Gasteiger partial charge in [-0.1, -0.05) is 0 Å². The normalized spacial score (nSPS) is 24.4. The van der Waals surface area contributed by atoms with Crippen LogP contribution in [0.3, 0.4) is 0 Å². The van der Waals surface area contributed by atoms with Gasteiger partial charge in [0.2, 0.25) is 0 Å². The fraction of sp³-hybridized carbons (Fsp3) is 0.600. The first-order valence-electron chi connectivity index (χ1n) is 7.41. The Morgan fingerprint density at radius 1 is 1.10 bits per heavy atom. The molecule has 0 N–H and O–H groups in total. The fourth-order valence-electron chi connectivity index (χ4n) is 3.12. The highest BCUT2D eigenvalue weighted by molar-refractivity contribution is 7.90. The Bertz CT molecular complexity index is 579. The lowest BCUT2D eigenvalue weighted by Crippen LogP contribution is -2.44. The number of hydrogen-bond acceptors (Lipinski definition) is 5. The minimum absolute atomic E-state index is 0.384. The minimum atomic E-state index is -3.11. The molecule has 1 atom stereocenters. The van der Waals surface area contributed by atoms with Gasteiger partial charge in [0, 0.05) is 44.2 Å². The summed E-state index contributed by atoms with van der Waals surface area (Å²) in [6, 6.07) is 7.82. The summed E-state index contributed by atoms with van der Waals surface area (Å²) in [6.07, 6.45) is 2.40. The van der Waals surface area contributed by atoms with Gasteiger partial charge in [0.15, 0.2) is 9.84 Å². The van der Waals surface area contributed by atoms with Crippen LogP contribution < -0.4 is 4.90 Å². The van der Waals surface area contributed by atoms with Crippen molar-refractivity contribution >= 4 is 15.5 Å². The second-order valence-corrected chi connectivity index (χ2v) is 7.82. The zero-order valence-electron chi connectivity index (χ0n) is 12.4. The van der Waals surface area contributed by atoms with Gasteiger partial charge < -0.3 is 9.64 Å². The lowest BCUT2D eigenvalue weighted by atomic mass is 10.2. The highest BCUT2D eigenvalue weighted by atomic mass is 32.2. The van der Waals surface area contributed by atoms with Crippen molar-refractivity contribution in [2.24, 2.45) is 0 Å². The van der Waals surface area contributed by atoms with E-state index >= 15 is 0 Å². The summed E-state index contributed by atoms with van der Waals surface area (Å²) in [4.78, 5) is 5.23. The molecule has 5 nitrogen and oxygen atoms in total. The Kier molecular flexibility index (Phi) is 4.19. The topological polar surface area (TPSA) is 49.9 Å². The van der Waals surface area contributed by atoms with E-state index in [2.05, 4.69) is 9.80 Å². The molecule has 2 saturated heterocycles. The Hall–Kier alpha value is -1.11. The zero-order chi connectivity index (χ0) is 14.9. The van der Waals surface area contributed by atoms with Crippen LogP contribution in [0, 0.1) is 0 Å². The predicted octanol–water partition coefficient (Wildman–Crippen LogP) is 1.00. The van der Waals surface area contributed by atoms with Gasteiger partial charge in [-0.3, -0.25) is 4.90 Å². The molecule has 116 valence electrons. The van der Waals surface area contributed by atoms with Crippen LogP contribution in [0.2, 0.25) is 0 Å². The zero-order valence-corrected chi connectivity index (χ0v) is 13.2. The Labute approximate surface area is 126 Å². The summed E-state index contributed by atoms with van der Waals surface area (Å²) in [5.74, 6) is 0. The van der Waals surface area contributed by atoms with Crippen molar-refractivity contribution in [1.82, 2.24) is 4.90 Å². The summed E-state index contributed by atoms with van der Waals surface area (Å²) >= 11 is 0. The number of rotatable bonds is 3. The van der Waals surface area contributed by atoms with Crippen LogP contribution in [0.25, 0.3) is 0 Å². The molecule has 2 fully saturated rings. The maximum Gasteiger partial charge on any atom is 0.175 e. The number of ether oxygens (including phenoxy) is 1. The molecule has 0 aromatic heterocycles. The summed E-state index contributed by atoms with van der Waals surface area (Å²) in [5, 5.41) is 0. The number of hydrogen-bond donors (Lipinski definition) is 0. The van der Waals surface area contributed by atoms with Crippen LogP contribution in [-0.2, 0) is 14.6 Å². The van der Waals surface area contributed by atoms with E-state index in [1.54, 1.807) is 12.1 Å². The van der Waals surface area contributed by atoms with Crippen molar-refractivity contribution in [2.45, 2.75) is 17.4 Å². The average molecular weight is 310 g/mol. The predicted molar refractivity (Wildman–Crippen MR) is 82.6 cm³/mol. The molecule has 3 rings (SSSR count). The Balaban J connectivity index is 1.65. The van der Waals surface area contributed by atoms with Crippen LogP contribution in [0.5, 0.6) is 0 Å². The van der Waals surface area contributed by atoms with Crippen LogP contribution in [0.4, 0.5) is 5.69 Å². The molecule has 2 aliphatic rings. The number of anilines is 1. The van der Waals surface area contributed by atoms with Gasteiger partial charge in [0.05, 0.1) is 18.1 Å². The molecule has 0 amide bonds. The van der Waals surface area contributed by atoms with Crippen LogP contribution in [-0.4, -0.2) is 65.0 Å². The van der Waals surface area contributed by atoms with Crippen molar-refractivity contribution in [3.63, 3.8) is 0 Å². The second kappa shape index (κ2) is 5.94. The van der Waals surface area contributed by atoms with E-state index in [-0.39, 0.29) is 0 Å². The third-order valence-electron chi connectivity index (χ3n) is 4.36. The average Bonchev–Trinajstić information content (AvgIpc) is 2.97. The Morgan fingerprint density at radius 3 is 2.38 bits per heavy atom. The van der Waals surface area contributed by atoms with Crippen LogP contribution in [0.1, 0.15) is 6.42 Å². The maximum atomic E-state index is 11.5. The Morgan fingerprint density at radius 2 is 1.76 bits per heavy atom. The monoisotopic (exact) mass is 310 g/mol. The molecule has 21 heavy (non-hydrogen) atoms. The van der Waals surface area contributed by atoms with Crippen LogP contribution >= 0.6 is 0 Å². The molecule has 1 aromatic carbocycles. The van der Waals surface area contributed by atoms with Gasteiger partial charge in [-0.15, -0.1) is 0 Å². The summed E-state index contributed by atoms with van der Waals surface area (Å²) in [5.41, 5.74) is 1.11. The fourth-order valence-corrected chi connectivity index (χ4v) is 3.75. The van der Waals surface area contributed by atoms with E-state index in [4.69, 9.17) is 4.74 Å². The van der Waals surface area contributed by atoms with E-state index in [9.17, 15) is 8.42 Å². The summed E-state index contributed by atoms with van der Waals surface area (Å²) in [7, 11) is -3.11. The minimum Gasteiger partial charge on any atom is -0.379 e. The third kappa shape index (κ3) is 3.39. The second-order valence-electron chi connectivity index (χ2n) is 5.80. The molecular weight excluding hydrogens is 288 g/mol. The number of sulfone groups is 1. The van der Waals surface area contributed by atoms with Crippen molar-refractivity contribution < 1.29 is 13.2 Å². The first kappa shape index (κ1) is 14.8. The van der Waals surface area contributed by atoms with Crippen molar-refractivity contribution in [1.29, 1.82) is 0 Å². The SMILES string of the molecule is CS(=O)(=O)c1ccc(N2CCC(N3CCOCC3)C2)cc1. The van der Waals surface area contributed by atoms with E-state index in [1.807, 2.05) is 12.1 Å². The number of nitrogens with zero attached hydrogens (tertiary/aromatic N) is 2. The van der Waals surface area contributed by atoms with Crippen molar-refractivity contribution in [3.05, 3.63) is 24.3 Å². The highest BCUT2D eigenvalue weighted by Crippen LogP contribution is 2.24. The molecule has 0 radical (unpaired) electrons. The van der Waals surface area contributed by atoms with Gasteiger partial charge >= 0.3 is 0 Å². The molecule has 2 heterocycles. The first-order valence-corrected chi connectivity index (χ1v) is 9.30. The van der Waals surface area contributed by atoms with Gasteiger partial charge in [-0.25, -0.2) is 8.42 Å². The molecule has 0 spiro atoms. The summed E-state index contributed by atoms with van der Waals surface area (Å²) < 4.78 is 28.4. The number of benzene rings is 1. The first-order chi connectivity index (χ1) is 10.0. The molecule has 2 aliphatic heterocycles. The van der Waals surface area contributed by atoms with Crippen molar-refractivity contribution in [2.75, 3.05) is 50.5 Å². The van der Waals surface area contributed by atoms with Crippen molar-refractivity contribution in [3.8, 4) is 0 Å². The molecule has 6 heteroatoms. The molecule has 1 unspecified atom stereocenters. The van der Waals surface area contributed by atoms with Gasteiger partial charge in [-0.05, 0) is 30.7 Å².